The van der Waals surface area contributed by atoms with Crippen LogP contribution in [0.25, 0.3) is 0 Å². The molecule has 2 aromatic rings. The number of fused-ring (bicyclic) bond motifs is 1. The van der Waals surface area contributed by atoms with E-state index in [4.69, 9.17) is 0 Å². The van der Waals surface area contributed by atoms with Gasteiger partial charge in [-0.1, -0.05) is 12.1 Å². The zero-order valence-electron chi connectivity index (χ0n) is 12.2. The zero-order chi connectivity index (χ0) is 16.0. The molecule has 118 valence electrons. The molecular weight excluding hydrogens is 316 g/mol. The van der Waals surface area contributed by atoms with E-state index in [0.29, 0.717) is 10.7 Å². The highest BCUT2D eigenvalue weighted by molar-refractivity contribution is 7.13. The highest BCUT2D eigenvalue weighted by atomic mass is 32.1. The third-order valence-electron chi connectivity index (χ3n) is 4.41. The van der Waals surface area contributed by atoms with Gasteiger partial charge in [-0.25, -0.2) is 4.98 Å². The van der Waals surface area contributed by atoms with E-state index in [0.717, 1.165) is 19.4 Å². The summed E-state index contributed by atoms with van der Waals surface area (Å²) in [7, 11) is 0. The standard InChI is InChI=1S/C15H14N4O3S/c20-14-12-6-3-8-17(12)13(18(14)15-16-7-9-23-15)10-4-1-2-5-11(10)19(21)22/h1-2,4-5,7,9,12-13H,3,6,8H2/t12-,13+/m0/s1. The van der Waals surface area contributed by atoms with Crippen LogP contribution in [0.1, 0.15) is 24.6 Å². The van der Waals surface area contributed by atoms with E-state index < -0.39 is 6.17 Å². The van der Waals surface area contributed by atoms with Gasteiger partial charge in [0.1, 0.15) is 6.17 Å². The zero-order valence-corrected chi connectivity index (χ0v) is 13.0. The third-order valence-corrected chi connectivity index (χ3v) is 5.18. The van der Waals surface area contributed by atoms with Crippen molar-refractivity contribution in [2.75, 3.05) is 11.4 Å². The van der Waals surface area contributed by atoms with Crippen LogP contribution in [-0.2, 0) is 4.79 Å². The SMILES string of the molecule is O=C1[C@@H]2CCCN2[C@@H](c2ccccc2[N+](=O)[O-])N1c1nccs1. The molecule has 1 aromatic heterocycles. The van der Waals surface area contributed by atoms with Crippen LogP contribution in [0.3, 0.4) is 0 Å². The Hall–Kier alpha value is -2.32. The van der Waals surface area contributed by atoms with Crippen molar-refractivity contribution < 1.29 is 9.72 Å². The molecule has 0 aliphatic carbocycles. The fourth-order valence-corrected chi connectivity index (χ4v) is 4.17. The van der Waals surface area contributed by atoms with E-state index in [-0.39, 0.29) is 22.6 Å². The van der Waals surface area contributed by atoms with Crippen LogP contribution in [0.4, 0.5) is 10.8 Å². The molecule has 0 radical (unpaired) electrons. The summed E-state index contributed by atoms with van der Waals surface area (Å²) in [5, 5.41) is 13.8. The van der Waals surface area contributed by atoms with Crippen molar-refractivity contribution in [3.63, 3.8) is 0 Å². The fourth-order valence-electron chi connectivity index (χ4n) is 3.50. The lowest BCUT2D eigenvalue weighted by atomic mass is 10.1. The second-order valence-electron chi connectivity index (χ2n) is 5.61. The summed E-state index contributed by atoms with van der Waals surface area (Å²) in [6.45, 7) is 0.759. The van der Waals surface area contributed by atoms with Crippen molar-refractivity contribution in [2.45, 2.75) is 25.0 Å². The molecule has 7 nitrogen and oxygen atoms in total. The first kappa shape index (κ1) is 14.3. The molecular formula is C15H14N4O3S. The quantitative estimate of drug-likeness (QED) is 0.638. The average molecular weight is 330 g/mol. The number of thiazole rings is 1. The largest absolute Gasteiger partial charge is 0.276 e. The molecule has 0 bridgehead atoms. The summed E-state index contributed by atoms with van der Waals surface area (Å²) in [5.74, 6) is -0.0133. The minimum Gasteiger partial charge on any atom is -0.273 e. The van der Waals surface area contributed by atoms with Gasteiger partial charge < -0.3 is 0 Å². The summed E-state index contributed by atoms with van der Waals surface area (Å²) in [6, 6.07) is 6.44. The first-order valence-electron chi connectivity index (χ1n) is 7.40. The molecule has 0 spiro atoms. The predicted octanol–water partition coefficient (Wildman–Crippen LogP) is 2.56. The molecule has 2 atom stereocenters. The number of aromatic nitrogens is 1. The number of carbonyl (C=O) groups excluding carboxylic acids is 1. The maximum Gasteiger partial charge on any atom is 0.276 e. The van der Waals surface area contributed by atoms with Crippen molar-refractivity contribution in [3.8, 4) is 0 Å². The summed E-state index contributed by atoms with van der Waals surface area (Å²) < 4.78 is 0. The van der Waals surface area contributed by atoms with Crippen LogP contribution < -0.4 is 4.90 Å². The summed E-state index contributed by atoms with van der Waals surface area (Å²) in [4.78, 5) is 31.8. The molecule has 0 saturated carbocycles. The molecule has 2 aliphatic heterocycles. The highest BCUT2D eigenvalue weighted by Crippen LogP contribution is 2.44. The molecule has 3 heterocycles. The average Bonchev–Trinajstić information content (AvgIpc) is 3.25. The Bertz CT molecular complexity index is 764. The van der Waals surface area contributed by atoms with Gasteiger partial charge in [-0.3, -0.25) is 24.7 Å². The first-order chi connectivity index (χ1) is 11.2. The van der Waals surface area contributed by atoms with E-state index >= 15 is 0 Å². The van der Waals surface area contributed by atoms with Crippen LogP contribution in [0.15, 0.2) is 35.8 Å². The summed E-state index contributed by atoms with van der Waals surface area (Å²) in [5.41, 5.74) is 0.588. The number of anilines is 1. The molecule has 0 unspecified atom stereocenters. The lowest BCUT2D eigenvalue weighted by Crippen LogP contribution is -2.32. The van der Waals surface area contributed by atoms with Gasteiger partial charge in [0.2, 0.25) is 5.91 Å². The number of benzene rings is 1. The Kier molecular flexibility index (Phi) is 3.35. The number of nitro groups is 1. The summed E-state index contributed by atoms with van der Waals surface area (Å²) >= 11 is 1.37. The molecule has 1 amide bonds. The third kappa shape index (κ3) is 2.13. The molecule has 1 aromatic carbocycles. The van der Waals surface area contributed by atoms with E-state index in [1.165, 1.54) is 17.4 Å². The molecule has 2 saturated heterocycles. The molecule has 8 heteroatoms. The van der Waals surface area contributed by atoms with Crippen LogP contribution in [0.5, 0.6) is 0 Å². The van der Waals surface area contributed by atoms with Gasteiger partial charge >= 0.3 is 0 Å². The Morgan fingerprint density at radius 3 is 2.91 bits per heavy atom. The van der Waals surface area contributed by atoms with Crippen LogP contribution in [-0.4, -0.2) is 33.3 Å². The molecule has 2 fully saturated rings. The number of para-hydroxylation sites is 1. The van der Waals surface area contributed by atoms with Crippen LogP contribution >= 0.6 is 11.3 Å². The predicted molar refractivity (Wildman–Crippen MR) is 85.2 cm³/mol. The fraction of sp³-hybridized carbons (Fsp3) is 0.333. The molecule has 0 N–H and O–H groups in total. The van der Waals surface area contributed by atoms with Gasteiger partial charge in [-0.15, -0.1) is 11.3 Å². The Labute approximate surface area is 136 Å². The number of carbonyl (C=O) groups is 1. The number of nitrogens with zero attached hydrogens (tertiary/aromatic N) is 4. The number of nitro benzene ring substituents is 1. The Morgan fingerprint density at radius 1 is 1.35 bits per heavy atom. The van der Waals surface area contributed by atoms with Crippen molar-refractivity contribution in [2.24, 2.45) is 0 Å². The van der Waals surface area contributed by atoms with Crippen molar-refractivity contribution in [1.29, 1.82) is 0 Å². The van der Waals surface area contributed by atoms with Crippen LogP contribution in [0, 0.1) is 10.1 Å². The minimum atomic E-state index is -0.456. The second kappa shape index (κ2) is 5.39. The highest BCUT2D eigenvalue weighted by Gasteiger charge is 2.51. The van der Waals surface area contributed by atoms with Crippen molar-refractivity contribution in [3.05, 3.63) is 51.5 Å². The minimum absolute atomic E-state index is 0.0133. The van der Waals surface area contributed by atoms with Gasteiger partial charge in [-0.2, -0.15) is 0 Å². The maximum atomic E-state index is 12.8. The second-order valence-corrected chi connectivity index (χ2v) is 6.48. The molecule has 23 heavy (non-hydrogen) atoms. The van der Waals surface area contributed by atoms with E-state index in [1.54, 1.807) is 29.3 Å². The van der Waals surface area contributed by atoms with Gasteiger partial charge in [0.25, 0.3) is 5.69 Å². The number of hydrogen-bond donors (Lipinski definition) is 0. The maximum absolute atomic E-state index is 12.8. The number of amides is 1. The lowest BCUT2D eigenvalue weighted by Gasteiger charge is -2.27. The molecule has 2 aliphatic rings. The Balaban J connectivity index is 1.87. The summed E-state index contributed by atoms with van der Waals surface area (Å²) in [6.07, 6.45) is 2.91. The van der Waals surface area contributed by atoms with Crippen molar-refractivity contribution in [1.82, 2.24) is 9.88 Å². The van der Waals surface area contributed by atoms with Gasteiger partial charge in [0, 0.05) is 24.2 Å². The number of rotatable bonds is 3. The van der Waals surface area contributed by atoms with Gasteiger partial charge in [-0.05, 0) is 18.9 Å². The van der Waals surface area contributed by atoms with E-state index in [2.05, 4.69) is 9.88 Å². The van der Waals surface area contributed by atoms with Crippen molar-refractivity contribution >= 4 is 28.1 Å². The van der Waals surface area contributed by atoms with Gasteiger partial charge in [0.15, 0.2) is 5.13 Å². The normalized spacial score (nSPS) is 24.2. The first-order valence-corrected chi connectivity index (χ1v) is 8.28. The lowest BCUT2D eigenvalue weighted by molar-refractivity contribution is -0.385. The van der Waals surface area contributed by atoms with Crippen LogP contribution in [0.2, 0.25) is 0 Å². The smallest absolute Gasteiger partial charge is 0.273 e. The van der Waals surface area contributed by atoms with Gasteiger partial charge in [0.05, 0.1) is 16.5 Å². The number of hydrogen-bond acceptors (Lipinski definition) is 6. The topological polar surface area (TPSA) is 79.6 Å². The van der Waals surface area contributed by atoms with E-state index in [1.807, 2.05) is 5.38 Å². The monoisotopic (exact) mass is 330 g/mol. The molecule has 4 rings (SSSR count). The van der Waals surface area contributed by atoms with E-state index in [9.17, 15) is 14.9 Å². The Morgan fingerprint density at radius 2 is 2.17 bits per heavy atom.